The van der Waals surface area contributed by atoms with Crippen LogP contribution < -0.4 is 4.90 Å². The highest BCUT2D eigenvalue weighted by atomic mass is 32.1. The Morgan fingerprint density at radius 2 is 2.32 bits per heavy atom. The molecule has 1 aliphatic carbocycles. The van der Waals surface area contributed by atoms with E-state index in [0.29, 0.717) is 6.04 Å². The fraction of sp³-hybridized carbons (Fsp3) is 0.286. The lowest BCUT2D eigenvalue weighted by Crippen LogP contribution is -2.26. The van der Waals surface area contributed by atoms with Gasteiger partial charge in [-0.1, -0.05) is 0 Å². The smallest absolute Gasteiger partial charge is 0.339 e. The predicted octanol–water partition coefficient (Wildman–Crippen LogP) is 3.01. The van der Waals surface area contributed by atoms with E-state index in [-0.39, 0.29) is 5.56 Å². The van der Waals surface area contributed by atoms with Crippen LogP contribution in [0.15, 0.2) is 35.3 Å². The zero-order valence-corrected chi connectivity index (χ0v) is 11.1. The van der Waals surface area contributed by atoms with Crippen molar-refractivity contribution >= 4 is 23.0 Å². The Morgan fingerprint density at radius 1 is 1.47 bits per heavy atom. The highest BCUT2D eigenvalue weighted by Crippen LogP contribution is 2.34. The van der Waals surface area contributed by atoms with Crippen molar-refractivity contribution in [1.82, 2.24) is 4.98 Å². The third-order valence-electron chi connectivity index (χ3n) is 3.26. The molecule has 1 N–H and O–H groups in total. The van der Waals surface area contributed by atoms with E-state index in [9.17, 15) is 9.90 Å². The predicted molar refractivity (Wildman–Crippen MR) is 74.7 cm³/mol. The summed E-state index contributed by atoms with van der Waals surface area (Å²) in [5.41, 5.74) is 2.28. The van der Waals surface area contributed by atoms with E-state index in [0.717, 1.165) is 25.1 Å². The molecule has 2 aromatic rings. The van der Waals surface area contributed by atoms with Gasteiger partial charge in [0.2, 0.25) is 0 Å². The fourth-order valence-corrected chi connectivity index (χ4v) is 2.84. The van der Waals surface area contributed by atoms with Crippen molar-refractivity contribution < 1.29 is 9.90 Å². The first-order valence-electron chi connectivity index (χ1n) is 6.20. The average molecular weight is 274 g/mol. The number of carbonyl (C=O) groups is 1. The number of carboxylic acid groups (broad SMARTS) is 1. The molecule has 0 aliphatic heterocycles. The first-order chi connectivity index (χ1) is 9.25. The lowest BCUT2D eigenvalue weighted by atomic mass is 10.2. The number of aromatic nitrogens is 1. The monoisotopic (exact) mass is 274 g/mol. The second-order valence-electron chi connectivity index (χ2n) is 4.69. The minimum atomic E-state index is -0.918. The molecule has 0 amide bonds. The quantitative estimate of drug-likeness (QED) is 0.910. The molecule has 0 atom stereocenters. The van der Waals surface area contributed by atoms with Crippen LogP contribution in [-0.2, 0) is 6.54 Å². The van der Waals surface area contributed by atoms with Gasteiger partial charge in [-0.2, -0.15) is 11.3 Å². The normalized spacial score (nSPS) is 14.3. The van der Waals surface area contributed by atoms with Crippen LogP contribution >= 0.6 is 11.3 Å². The molecule has 0 radical (unpaired) electrons. The van der Waals surface area contributed by atoms with E-state index in [2.05, 4.69) is 21.3 Å². The van der Waals surface area contributed by atoms with Crippen LogP contribution in [0.1, 0.15) is 28.8 Å². The summed E-state index contributed by atoms with van der Waals surface area (Å²) in [6.45, 7) is 0.762. The standard InChI is InChI=1S/C14H14N2O2S/c17-14(18)12-7-15-5-3-13(12)16(11-1-2-11)8-10-4-6-19-9-10/h3-7,9,11H,1-2,8H2,(H,17,18). The molecule has 4 nitrogen and oxygen atoms in total. The summed E-state index contributed by atoms with van der Waals surface area (Å²) in [7, 11) is 0. The van der Waals surface area contributed by atoms with Gasteiger partial charge in [-0.3, -0.25) is 4.98 Å². The average Bonchev–Trinajstić information content (AvgIpc) is 3.13. The van der Waals surface area contributed by atoms with Gasteiger partial charge in [0.25, 0.3) is 0 Å². The van der Waals surface area contributed by atoms with Crippen molar-refractivity contribution in [1.29, 1.82) is 0 Å². The van der Waals surface area contributed by atoms with Crippen LogP contribution in [0.5, 0.6) is 0 Å². The summed E-state index contributed by atoms with van der Waals surface area (Å²) < 4.78 is 0. The topological polar surface area (TPSA) is 53.4 Å². The Bertz CT molecular complexity index is 579. The molecule has 0 saturated heterocycles. The third-order valence-corrected chi connectivity index (χ3v) is 3.99. The molecule has 1 saturated carbocycles. The summed E-state index contributed by atoms with van der Waals surface area (Å²) in [4.78, 5) is 17.4. The van der Waals surface area contributed by atoms with Crippen molar-refractivity contribution in [2.75, 3.05) is 4.90 Å². The molecule has 2 heterocycles. The van der Waals surface area contributed by atoms with Gasteiger partial charge < -0.3 is 10.0 Å². The Labute approximate surface area is 115 Å². The molecule has 1 fully saturated rings. The van der Waals surface area contributed by atoms with Crippen LogP contribution in [-0.4, -0.2) is 22.1 Å². The number of aromatic carboxylic acids is 1. The van der Waals surface area contributed by atoms with Crippen molar-refractivity contribution in [3.05, 3.63) is 46.4 Å². The zero-order valence-electron chi connectivity index (χ0n) is 10.3. The van der Waals surface area contributed by atoms with E-state index in [1.807, 2.05) is 5.38 Å². The van der Waals surface area contributed by atoms with E-state index in [1.54, 1.807) is 23.6 Å². The maximum atomic E-state index is 11.3. The van der Waals surface area contributed by atoms with Crippen LogP contribution in [0.3, 0.4) is 0 Å². The minimum absolute atomic E-state index is 0.282. The second kappa shape index (κ2) is 5.01. The Kier molecular flexibility index (Phi) is 3.21. The largest absolute Gasteiger partial charge is 0.478 e. The lowest BCUT2D eigenvalue weighted by Gasteiger charge is -2.25. The maximum absolute atomic E-state index is 11.3. The van der Waals surface area contributed by atoms with Crippen molar-refractivity contribution in [2.24, 2.45) is 0 Å². The lowest BCUT2D eigenvalue weighted by molar-refractivity contribution is 0.0697. The van der Waals surface area contributed by atoms with Crippen LogP contribution in [0.4, 0.5) is 5.69 Å². The summed E-state index contributed by atoms with van der Waals surface area (Å²) in [5, 5.41) is 13.4. The molecule has 2 aromatic heterocycles. The number of anilines is 1. The van der Waals surface area contributed by atoms with Gasteiger partial charge in [0.1, 0.15) is 5.56 Å². The number of nitrogens with zero attached hydrogens (tertiary/aromatic N) is 2. The molecule has 0 aromatic carbocycles. The highest BCUT2D eigenvalue weighted by Gasteiger charge is 2.31. The van der Waals surface area contributed by atoms with E-state index in [1.165, 1.54) is 11.8 Å². The summed E-state index contributed by atoms with van der Waals surface area (Å²) in [6.07, 6.45) is 5.35. The number of hydrogen-bond acceptors (Lipinski definition) is 4. The van der Waals surface area contributed by atoms with E-state index < -0.39 is 5.97 Å². The number of hydrogen-bond donors (Lipinski definition) is 1. The van der Waals surface area contributed by atoms with Crippen molar-refractivity contribution in [3.8, 4) is 0 Å². The maximum Gasteiger partial charge on any atom is 0.339 e. The van der Waals surface area contributed by atoms with Gasteiger partial charge in [-0.15, -0.1) is 0 Å². The number of carboxylic acids is 1. The minimum Gasteiger partial charge on any atom is -0.478 e. The summed E-state index contributed by atoms with van der Waals surface area (Å²) >= 11 is 1.66. The Balaban J connectivity index is 1.94. The van der Waals surface area contributed by atoms with E-state index in [4.69, 9.17) is 0 Å². The molecule has 19 heavy (non-hydrogen) atoms. The summed E-state index contributed by atoms with van der Waals surface area (Å²) in [6, 6.07) is 4.34. The molecule has 3 rings (SSSR count). The van der Waals surface area contributed by atoms with E-state index >= 15 is 0 Å². The van der Waals surface area contributed by atoms with Gasteiger partial charge in [-0.05, 0) is 41.3 Å². The number of rotatable bonds is 5. The Morgan fingerprint density at radius 3 is 2.95 bits per heavy atom. The SMILES string of the molecule is O=C(O)c1cnccc1N(Cc1ccsc1)C1CC1. The van der Waals surface area contributed by atoms with Crippen LogP contribution in [0.2, 0.25) is 0 Å². The Hall–Kier alpha value is -1.88. The first-order valence-corrected chi connectivity index (χ1v) is 7.15. The second-order valence-corrected chi connectivity index (χ2v) is 5.47. The third kappa shape index (κ3) is 2.61. The highest BCUT2D eigenvalue weighted by molar-refractivity contribution is 7.07. The molecule has 1 aliphatic rings. The van der Waals surface area contributed by atoms with Crippen molar-refractivity contribution in [2.45, 2.75) is 25.4 Å². The molecule has 0 spiro atoms. The molecule has 0 unspecified atom stereocenters. The van der Waals surface area contributed by atoms with Gasteiger partial charge >= 0.3 is 5.97 Å². The van der Waals surface area contributed by atoms with Gasteiger partial charge in [0.05, 0.1) is 5.69 Å². The van der Waals surface area contributed by atoms with Gasteiger partial charge in [0, 0.05) is 25.0 Å². The summed E-state index contributed by atoms with van der Waals surface area (Å²) in [5.74, 6) is -0.918. The molecule has 5 heteroatoms. The zero-order chi connectivity index (χ0) is 13.2. The first kappa shape index (κ1) is 12.2. The van der Waals surface area contributed by atoms with Crippen LogP contribution in [0.25, 0.3) is 0 Å². The number of thiophene rings is 1. The van der Waals surface area contributed by atoms with Gasteiger partial charge in [0.15, 0.2) is 0 Å². The molecule has 98 valence electrons. The van der Waals surface area contributed by atoms with Gasteiger partial charge in [-0.25, -0.2) is 4.79 Å². The fourth-order valence-electron chi connectivity index (χ4n) is 2.18. The number of pyridine rings is 1. The molecular formula is C14H14N2O2S. The molecular weight excluding hydrogens is 260 g/mol. The molecule has 0 bridgehead atoms. The van der Waals surface area contributed by atoms with Crippen molar-refractivity contribution in [3.63, 3.8) is 0 Å². The van der Waals surface area contributed by atoms with Crippen LogP contribution in [0, 0.1) is 0 Å².